The molecule has 0 aromatic rings. The summed E-state index contributed by atoms with van der Waals surface area (Å²) in [5.74, 6) is 0.113. The summed E-state index contributed by atoms with van der Waals surface area (Å²) < 4.78 is 0. The SMILES string of the molecule is CCCCCCC(=O)N[C@H]1CCCC[C@@H]1O. The van der Waals surface area contributed by atoms with Crippen molar-refractivity contribution in [3.8, 4) is 0 Å². The van der Waals surface area contributed by atoms with E-state index in [1.165, 1.54) is 12.8 Å². The molecule has 0 aromatic heterocycles. The highest BCUT2D eigenvalue weighted by molar-refractivity contribution is 5.76. The van der Waals surface area contributed by atoms with Crippen molar-refractivity contribution in [1.29, 1.82) is 0 Å². The van der Waals surface area contributed by atoms with E-state index in [2.05, 4.69) is 12.2 Å². The molecule has 0 bridgehead atoms. The van der Waals surface area contributed by atoms with Gasteiger partial charge in [0.15, 0.2) is 0 Å². The minimum atomic E-state index is -0.326. The molecule has 2 N–H and O–H groups in total. The molecule has 1 aliphatic carbocycles. The lowest BCUT2D eigenvalue weighted by molar-refractivity contribution is -0.123. The van der Waals surface area contributed by atoms with Gasteiger partial charge in [-0.2, -0.15) is 0 Å². The van der Waals surface area contributed by atoms with E-state index in [0.717, 1.165) is 38.5 Å². The standard InChI is InChI=1S/C13H25NO2/c1-2-3-4-5-10-13(16)14-11-8-6-7-9-12(11)15/h11-12,15H,2-10H2,1H3,(H,14,16)/t11-,12-/m0/s1. The van der Waals surface area contributed by atoms with Crippen molar-refractivity contribution in [2.75, 3.05) is 0 Å². The number of aliphatic hydroxyl groups is 1. The van der Waals surface area contributed by atoms with E-state index >= 15 is 0 Å². The van der Waals surface area contributed by atoms with Gasteiger partial charge < -0.3 is 10.4 Å². The van der Waals surface area contributed by atoms with E-state index in [0.29, 0.717) is 6.42 Å². The fourth-order valence-corrected chi connectivity index (χ4v) is 2.27. The first-order valence-electron chi connectivity index (χ1n) is 6.71. The van der Waals surface area contributed by atoms with Gasteiger partial charge in [-0.1, -0.05) is 39.0 Å². The molecule has 16 heavy (non-hydrogen) atoms. The normalized spacial score (nSPS) is 25.4. The van der Waals surface area contributed by atoms with E-state index in [1.54, 1.807) is 0 Å². The maximum Gasteiger partial charge on any atom is 0.220 e. The Kier molecular flexibility index (Phi) is 6.46. The largest absolute Gasteiger partial charge is 0.391 e. The topological polar surface area (TPSA) is 49.3 Å². The van der Waals surface area contributed by atoms with Gasteiger partial charge in [-0.05, 0) is 19.3 Å². The summed E-state index contributed by atoms with van der Waals surface area (Å²) >= 11 is 0. The van der Waals surface area contributed by atoms with Gasteiger partial charge in [0.25, 0.3) is 0 Å². The van der Waals surface area contributed by atoms with Crippen LogP contribution in [0.5, 0.6) is 0 Å². The minimum absolute atomic E-state index is 0.00688. The highest BCUT2D eigenvalue weighted by atomic mass is 16.3. The predicted molar refractivity (Wildman–Crippen MR) is 65.2 cm³/mol. The third-order valence-corrected chi connectivity index (χ3v) is 3.33. The van der Waals surface area contributed by atoms with Crippen LogP contribution in [0.2, 0.25) is 0 Å². The lowest BCUT2D eigenvalue weighted by Crippen LogP contribution is -2.44. The van der Waals surface area contributed by atoms with Crippen molar-refractivity contribution in [1.82, 2.24) is 5.32 Å². The monoisotopic (exact) mass is 227 g/mol. The van der Waals surface area contributed by atoms with Crippen LogP contribution >= 0.6 is 0 Å². The molecule has 2 atom stereocenters. The first-order valence-corrected chi connectivity index (χ1v) is 6.71. The van der Waals surface area contributed by atoms with Crippen LogP contribution in [0.25, 0.3) is 0 Å². The Morgan fingerprint density at radius 2 is 2.00 bits per heavy atom. The van der Waals surface area contributed by atoms with Gasteiger partial charge in [0.1, 0.15) is 0 Å². The Labute approximate surface area is 98.6 Å². The van der Waals surface area contributed by atoms with E-state index in [-0.39, 0.29) is 18.1 Å². The summed E-state index contributed by atoms with van der Waals surface area (Å²) in [7, 11) is 0. The van der Waals surface area contributed by atoms with E-state index in [9.17, 15) is 9.90 Å². The van der Waals surface area contributed by atoms with Crippen LogP contribution in [-0.2, 0) is 4.79 Å². The van der Waals surface area contributed by atoms with Gasteiger partial charge in [-0.15, -0.1) is 0 Å². The minimum Gasteiger partial charge on any atom is -0.391 e. The van der Waals surface area contributed by atoms with Crippen molar-refractivity contribution in [2.45, 2.75) is 76.9 Å². The fourth-order valence-electron chi connectivity index (χ4n) is 2.27. The van der Waals surface area contributed by atoms with Crippen LogP contribution < -0.4 is 5.32 Å². The van der Waals surface area contributed by atoms with Crippen molar-refractivity contribution in [2.24, 2.45) is 0 Å². The average Bonchev–Trinajstić information content (AvgIpc) is 2.28. The molecular formula is C13H25NO2. The molecule has 0 unspecified atom stereocenters. The number of rotatable bonds is 6. The molecule has 0 heterocycles. The number of carbonyl (C=O) groups is 1. The lowest BCUT2D eigenvalue weighted by Gasteiger charge is -2.28. The molecule has 1 rings (SSSR count). The lowest BCUT2D eigenvalue weighted by atomic mass is 9.92. The molecule has 1 aliphatic rings. The van der Waals surface area contributed by atoms with Crippen molar-refractivity contribution in [3.63, 3.8) is 0 Å². The summed E-state index contributed by atoms with van der Waals surface area (Å²) in [5, 5.41) is 12.7. The number of hydrogen-bond acceptors (Lipinski definition) is 2. The van der Waals surface area contributed by atoms with E-state index in [1.807, 2.05) is 0 Å². The second kappa shape index (κ2) is 7.66. The van der Waals surface area contributed by atoms with Gasteiger partial charge >= 0.3 is 0 Å². The van der Waals surface area contributed by atoms with Crippen molar-refractivity contribution < 1.29 is 9.90 Å². The molecule has 3 nitrogen and oxygen atoms in total. The van der Waals surface area contributed by atoms with Gasteiger partial charge in [0, 0.05) is 6.42 Å². The zero-order valence-electron chi connectivity index (χ0n) is 10.4. The zero-order chi connectivity index (χ0) is 11.8. The van der Waals surface area contributed by atoms with Gasteiger partial charge in [-0.25, -0.2) is 0 Å². The zero-order valence-corrected chi connectivity index (χ0v) is 10.4. The number of aliphatic hydroxyl groups excluding tert-OH is 1. The van der Waals surface area contributed by atoms with Crippen molar-refractivity contribution >= 4 is 5.91 Å². The number of hydrogen-bond donors (Lipinski definition) is 2. The van der Waals surface area contributed by atoms with Crippen LogP contribution in [0.3, 0.4) is 0 Å². The van der Waals surface area contributed by atoms with Gasteiger partial charge in [0.05, 0.1) is 12.1 Å². The third kappa shape index (κ3) is 4.97. The molecule has 0 saturated heterocycles. The smallest absolute Gasteiger partial charge is 0.220 e. The Morgan fingerprint density at radius 3 is 2.69 bits per heavy atom. The van der Waals surface area contributed by atoms with Crippen LogP contribution in [0, 0.1) is 0 Å². The average molecular weight is 227 g/mol. The highest BCUT2D eigenvalue weighted by Crippen LogP contribution is 2.18. The molecule has 3 heteroatoms. The van der Waals surface area contributed by atoms with Crippen LogP contribution in [0.1, 0.15) is 64.7 Å². The number of carbonyl (C=O) groups excluding carboxylic acids is 1. The summed E-state index contributed by atoms with van der Waals surface area (Å²) in [6.45, 7) is 2.17. The molecule has 1 amide bonds. The van der Waals surface area contributed by atoms with Gasteiger partial charge in [-0.3, -0.25) is 4.79 Å². The Bertz CT molecular complexity index is 206. The first-order chi connectivity index (χ1) is 7.74. The number of nitrogens with one attached hydrogen (secondary N) is 1. The number of amides is 1. The second-order valence-electron chi connectivity index (χ2n) is 4.84. The van der Waals surface area contributed by atoms with Crippen LogP contribution in [-0.4, -0.2) is 23.2 Å². The van der Waals surface area contributed by atoms with Gasteiger partial charge in [0.2, 0.25) is 5.91 Å². The quantitative estimate of drug-likeness (QED) is 0.684. The molecule has 1 saturated carbocycles. The fraction of sp³-hybridized carbons (Fsp3) is 0.923. The summed E-state index contributed by atoms with van der Waals surface area (Å²) in [6.07, 6.45) is 8.78. The first kappa shape index (κ1) is 13.5. The molecule has 0 aromatic carbocycles. The molecule has 94 valence electrons. The van der Waals surface area contributed by atoms with E-state index in [4.69, 9.17) is 0 Å². The maximum absolute atomic E-state index is 11.6. The Hall–Kier alpha value is -0.570. The molecule has 0 radical (unpaired) electrons. The number of unbranched alkanes of at least 4 members (excludes halogenated alkanes) is 3. The van der Waals surface area contributed by atoms with E-state index < -0.39 is 0 Å². The third-order valence-electron chi connectivity index (χ3n) is 3.33. The maximum atomic E-state index is 11.6. The van der Waals surface area contributed by atoms with Crippen LogP contribution in [0.4, 0.5) is 0 Å². The Balaban J connectivity index is 2.12. The molecule has 0 aliphatic heterocycles. The van der Waals surface area contributed by atoms with Crippen LogP contribution in [0.15, 0.2) is 0 Å². The summed E-state index contributed by atoms with van der Waals surface area (Å²) in [4.78, 5) is 11.6. The predicted octanol–water partition coefficient (Wildman–Crippen LogP) is 2.38. The second-order valence-corrected chi connectivity index (χ2v) is 4.84. The summed E-state index contributed by atoms with van der Waals surface area (Å²) in [5.41, 5.74) is 0. The molecule has 0 spiro atoms. The molecular weight excluding hydrogens is 202 g/mol. The Morgan fingerprint density at radius 1 is 1.25 bits per heavy atom. The summed E-state index contributed by atoms with van der Waals surface area (Å²) in [6, 6.07) is 0.00688. The highest BCUT2D eigenvalue weighted by Gasteiger charge is 2.23. The van der Waals surface area contributed by atoms with Crippen molar-refractivity contribution in [3.05, 3.63) is 0 Å². The molecule has 1 fully saturated rings.